The number of Topliss-reactive ketones (excluding diaryl/α,β-unsaturated/α-hetero) is 1. The Morgan fingerprint density at radius 1 is 0.824 bits per heavy atom. The first-order valence-electron chi connectivity index (χ1n) is 11.8. The summed E-state index contributed by atoms with van der Waals surface area (Å²) >= 11 is 0. The highest BCUT2D eigenvalue weighted by atomic mass is 16.1. The fraction of sp³-hybridized carbons (Fsp3) is 0.407. The van der Waals surface area contributed by atoms with Crippen molar-refractivity contribution in [2.75, 3.05) is 18.4 Å². The van der Waals surface area contributed by atoms with Gasteiger partial charge in [0.15, 0.2) is 11.6 Å². The number of benzene rings is 2. The molecule has 0 saturated carbocycles. The van der Waals surface area contributed by atoms with Crippen molar-refractivity contribution in [2.24, 2.45) is 0 Å². The van der Waals surface area contributed by atoms with Crippen LogP contribution in [-0.4, -0.2) is 35.0 Å². The molecule has 0 spiro atoms. The Labute approximate surface area is 200 Å². The minimum Gasteiger partial charge on any atom is -0.368 e. The summed E-state index contributed by atoms with van der Waals surface area (Å²) in [7, 11) is 0. The van der Waals surface area contributed by atoms with Gasteiger partial charge in [-0.2, -0.15) is 5.10 Å². The fourth-order valence-corrected chi connectivity index (χ4v) is 4.31. The second-order valence-corrected chi connectivity index (χ2v) is 8.85. The van der Waals surface area contributed by atoms with Crippen LogP contribution in [-0.2, 0) is 4.79 Å². The Kier molecular flexibility index (Phi) is 8.21. The number of aromatic amines is 1. The van der Waals surface area contributed by atoms with Gasteiger partial charge in [-0.15, -0.1) is 0 Å². The Hall–Kier alpha value is -3.48. The number of H-pyrrole nitrogens is 1. The number of aromatic nitrogens is 2. The standard InChI is InChI=1S/C27H34N4O3/c1-16-17(2)19(4)25(20(5)18(16)3)23(32)12-8-13-24(33)28-14-9-15-29-26-21-10-6-7-11-22(21)27(34)31-30-26/h6-7,10-11H,8-9,12-15H2,1-5H3,(H,28,33)(H,29,30)(H,31,34). The molecule has 0 fully saturated rings. The minimum atomic E-state index is -0.218. The molecule has 1 aromatic heterocycles. The van der Waals surface area contributed by atoms with Crippen LogP contribution in [0, 0.1) is 34.6 Å². The summed E-state index contributed by atoms with van der Waals surface area (Å²) in [5, 5.41) is 14.1. The number of ketones is 1. The first-order valence-corrected chi connectivity index (χ1v) is 11.8. The van der Waals surface area contributed by atoms with E-state index in [1.165, 1.54) is 16.7 Å². The molecule has 0 saturated heterocycles. The molecule has 180 valence electrons. The Balaban J connectivity index is 1.41. The molecule has 1 heterocycles. The zero-order chi connectivity index (χ0) is 24.8. The molecule has 0 radical (unpaired) electrons. The molecule has 2 aromatic carbocycles. The van der Waals surface area contributed by atoms with Crippen molar-refractivity contribution < 1.29 is 9.59 Å². The normalized spacial score (nSPS) is 11.0. The first kappa shape index (κ1) is 25.1. The third kappa shape index (κ3) is 5.53. The lowest BCUT2D eigenvalue weighted by molar-refractivity contribution is -0.121. The number of rotatable bonds is 10. The van der Waals surface area contributed by atoms with Crippen molar-refractivity contribution in [3.05, 3.63) is 68.0 Å². The maximum Gasteiger partial charge on any atom is 0.272 e. The van der Waals surface area contributed by atoms with Crippen LogP contribution < -0.4 is 16.2 Å². The third-order valence-corrected chi connectivity index (χ3v) is 6.75. The highest BCUT2D eigenvalue weighted by Crippen LogP contribution is 2.27. The smallest absolute Gasteiger partial charge is 0.272 e. The number of carbonyl (C=O) groups is 2. The van der Waals surface area contributed by atoms with E-state index >= 15 is 0 Å². The van der Waals surface area contributed by atoms with Gasteiger partial charge >= 0.3 is 0 Å². The summed E-state index contributed by atoms with van der Waals surface area (Å²) in [5.74, 6) is 0.677. The molecule has 0 atom stereocenters. The zero-order valence-corrected chi connectivity index (χ0v) is 20.7. The Morgan fingerprint density at radius 3 is 2.12 bits per heavy atom. The number of amides is 1. The van der Waals surface area contributed by atoms with E-state index in [0.29, 0.717) is 50.0 Å². The maximum absolute atomic E-state index is 12.9. The van der Waals surface area contributed by atoms with Crippen molar-refractivity contribution in [1.82, 2.24) is 15.5 Å². The number of nitrogens with one attached hydrogen (secondary N) is 3. The van der Waals surface area contributed by atoms with Gasteiger partial charge in [-0.3, -0.25) is 14.4 Å². The van der Waals surface area contributed by atoms with Crippen LogP contribution in [0.15, 0.2) is 29.1 Å². The van der Waals surface area contributed by atoms with Crippen molar-refractivity contribution in [1.29, 1.82) is 0 Å². The summed E-state index contributed by atoms with van der Waals surface area (Å²) in [6.45, 7) is 11.4. The molecule has 1 amide bonds. The van der Waals surface area contributed by atoms with E-state index in [1.54, 1.807) is 6.07 Å². The summed E-state index contributed by atoms with van der Waals surface area (Å²) in [6, 6.07) is 7.29. The largest absolute Gasteiger partial charge is 0.368 e. The van der Waals surface area contributed by atoms with Gasteiger partial charge < -0.3 is 10.6 Å². The molecule has 0 aliphatic rings. The van der Waals surface area contributed by atoms with Crippen LogP contribution in [0.1, 0.15) is 63.9 Å². The van der Waals surface area contributed by atoms with Crippen molar-refractivity contribution >= 4 is 28.3 Å². The van der Waals surface area contributed by atoms with E-state index < -0.39 is 0 Å². The van der Waals surface area contributed by atoms with Gasteiger partial charge in [0.1, 0.15) is 0 Å². The lowest BCUT2D eigenvalue weighted by Crippen LogP contribution is -2.26. The van der Waals surface area contributed by atoms with Gasteiger partial charge in [-0.25, -0.2) is 5.10 Å². The SMILES string of the molecule is Cc1c(C)c(C)c(C(=O)CCCC(=O)NCCCNc2n[nH]c(=O)c3ccccc23)c(C)c1C. The summed E-state index contributed by atoms with van der Waals surface area (Å²) in [6.07, 6.45) is 1.93. The quantitative estimate of drug-likeness (QED) is 0.305. The summed E-state index contributed by atoms with van der Waals surface area (Å²) < 4.78 is 0. The monoisotopic (exact) mass is 462 g/mol. The van der Waals surface area contributed by atoms with Crippen LogP contribution >= 0.6 is 0 Å². The summed E-state index contributed by atoms with van der Waals surface area (Å²) in [4.78, 5) is 36.9. The van der Waals surface area contributed by atoms with Gasteiger partial charge in [0.25, 0.3) is 5.56 Å². The van der Waals surface area contributed by atoms with Gasteiger partial charge in [-0.1, -0.05) is 18.2 Å². The molecule has 0 aliphatic carbocycles. The van der Waals surface area contributed by atoms with E-state index in [9.17, 15) is 14.4 Å². The predicted octanol–water partition coefficient (Wildman–Crippen LogP) is 4.44. The highest BCUT2D eigenvalue weighted by Gasteiger charge is 2.18. The van der Waals surface area contributed by atoms with E-state index in [4.69, 9.17) is 0 Å². The lowest BCUT2D eigenvalue weighted by Gasteiger charge is -2.17. The Bertz CT molecular complexity index is 1250. The molecule has 3 rings (SSSR count). The van der Waals surface area contributed by atoms with Gasteiger partial charge in [0, 0.05) is 36.9 Å². The van der Waals surface area contributed by atoms with Crippen LogP contribution in [0.4, 0.5) is 5.82 Å². The topological polar surface area (TPSA) is 104 Å². The zero-order valence-electron chi connectivity index (χ0n) is 20.7. The molecule has 7 nitrogen and oxygen atoms in total. The third-order valence-electron chi connectivity index (χ3n) is 6.75. The van der Waals surface area contributed by atoms with Crippen molar-refractivity contribution in [3.63, 3.8) is 0 Å². The average molecular weight is 463 g/mol. The first-order chi connectivity index (χ1) is 16.2. The minimum absolute atomic E-state index is 0.0508. The number of hydrogen-bond donors (Lipinski definition) is 3. The van der Waals surface area contributed by atoms with Gasteiger partial charge in [-0.05, 0) is 81.3 Å². The van der Waals surface area contributed by atoms with Crippen LogP contribution in [0.25, 0.3) is 10.8 Å². The maximum atomic E-state index is 12.9. The Morgan fingerprint density at radius 2 is 1.44 bits per heavy atom. The predicted molar refractivity (Wildman–Crippen MR) is 137 cm³/mol. The number of nitrogens with zero attached hydrogens (tertiary/aromatic N) is 1. The second kappa shape index (κ2) is 11.1. The number of carbonyl (C=O) groups excluding carboxylic acids is 2. The number of fused-ring (bicyclic) bond motifs is 1. The molecule has 34 heavy (non-hydrogen) atoms. The van der Waals surface area contributed by atoms with Crippen LogP contribution in [0.5, 0.6) is 0 Å². The molecule has 0 aliphatic heterocycles. The molecule has 0 unspecified atom stereocenters. The lowest BCUT2D eigenvalue weighted by atomic mass is 9.86. The molecular weight excluding hydrogens is 428 g/mol. The fourth-order valence-electron chi connectivity index (χ4n) is 4.31. The van der Waals surface area contributed by atoms with E-state index in [2.05, 4.69) is 41.6 Å². The van der Waals surface area contributed by atoms with E-state index in [-0.39, 0.29) is 17.2 Å². The number of hydrogen-bond acceptors (Lipinski definition) is 5. The molecule has 7 heteroatoms. The van der Waals surface area contributed by atoms with Crippen LogP contribution in [0.2, 0.25) is 0 Å². The molecule has 3 N–H and O–H groups in total. The molecule has 3 aromatic rings. The van der Waals surface area contributed by atoms with Crippen molar-refractivity contribution in [2.45, 2.75) is 60.3 Å². The van der Waals surface area contributed by atoms with Crippen LogP contribution in [0.3, 0.4) is 0 Å². The summed E-state index contributed by atoms with van der Waals surface area (Å²) in [5.41, 5.74) is 6.27. The molecule has 0 bridgehead atoms. The van der Waals surface area contributed by atoms with E-state index in [0.717, 1.165) is 22.1 Å². The van der Waals surface area contributed by atoms with E-state index in [1.807, 2.05) is 32.0 Å². The van der Waals surface area contributed by atoms with Gasteiger partial charge in [0.05, 0.1) is 5.39 Å². The van der Waals surface area contributed by atoms with Crippen molar-refractivity contribution in [3.8, 4) is 0 Å². The average Bonchev–Trinajstić information content (AvgIpc) is 2.83. The number of anilines is 1. The van der Waals surface area contributed by atoms with Gasteiger partial charge in [0.2, 0.25) is 5.91 Å². The molecular formula is C27H34N4O3. The second-order valence-electron chi connectivity index (χ2n) is 8.85. The highest BCUT2D eigenvalue weighted by molar-refractivity contribution is 5.99.